The summed E-state index contributed by atoms with van der Waals surface area (Å²) in [5.74, 6) is -0.267. The van der Waals surface area contributed by atoms with E-state index in [4.69, 9.17) is 0 Å². The number of nitrogens with one attached hydrogen (secondary N) is 1. The lowest BCUT2D eigenvalue weighted by atomic mass is 10.2. The van der Waals surface area contributed by atoms with Gasteiger partial charge in [-0.25, -0.2) is 12.9 Å². The van der Waals surface area contributed by atoms with Gasteiger partial charge in [-0.15, -0.1) is 0 Å². The van der Waals surface area contributed by atoms with E-state index >= 15 is 0 Å². The molecule has 0 unspecified atom stereocenters. The molecule has 0 spiro atoms. The van der Waals surface area contributed by atoms with E-state index in [1.54, 1.807) is 16.6 Å². The maximum Gasteiger partial charge on any atom is 0.251 e. The highest BCUT2D eigenvalue weighted by Gasteiger charge is 2.27. The molecule has 0 bridgehead atoms. The fourth-order valence-corrected chi connectivity index (χ4v) is 4.72. The average Bonchev–Trinajstić information content (AvgIpc) is 3.36. The Kier molecular flexibility index (Phi) is 4.67. The summed E-state index contributed by atoms with van der Waals surface area (Å²) >= 11 is 0. The van der Waals surface area contributed by atoms with E-state index in [2.05, 4.69) is 10.4 Å². The van der Waals surface area contributed by atoms with Gasteiger partial charge >= 0.3 is 0 Å². The van der Waals surface area contributed by atoms with Gasteiger partial charge in [-0.05, 0) is 55.3 Å². The zero-order chi connectivity index (χ0) is 18.9. The highest BCUT2D eigenvalue weighted by atomic mass is 32.2. The van der Waals surface area contributed by atoms with Gasteiger partial charge in [0.2, 0.25) is 10.0 Å². The number of benzene rings is 1. The van der Waals surface area contributed by atoms with Crippen LogP contribution >= 0.6 is 0 Å². The highest BCUT2D eigenvalue weighted by Crippen LogP contribution is 2.21. The molecule has 1 aliphatic rings. The van der Waals surface area contributed by atoms with Crippen LogP contribution in [-0.2, 0) is 16.6 Å². The van der Waals surface area contributed by atoms with Crippen LogP contribution < -0.4 is 5.32 Å². The van der Waals surface area contributed by atoms with Crippen molar-refractivity contribution in [3.8, 4) is 0 Å². The van der Waals surface area contributed by atoms with Crippen molar-refractivity contribution in [2.75, 3.05) is 13.1 Å². The van der Waals surface area contributed by atoms with Gasteiger partial charge in [0.15, 0.2) is 0 Å². The number of sulfonamides is 1. The van der Waals surface area contributed by atoms with Crippen molar-refractivity contribution >= 4 is 21.4 Å². The van der Waals surface area contributed by atoms with E-state index in [1.165, 1.54) is 16.4 Å². The number of amides is 1. The van der Waals surface area contributed by atoms with E-state index in [0.717, 1.165) is 24.1 Å². The minimum atomic E-state index is -3.46. The second-order valence-electron chi connectivity index (χ2n) is 6.52. The van der Waals surface area contributed by atoms with Crippen molar-refractivity contribution in [3.63, 3.8) is 0 Å². The Morgan fingerprint density at radius 3 is 2.52 bits per heavy atom. The summed E-state index contributed by atoms with van der Waals surface area (Å²) in [6, 6.07) is 13.7. The second kappa shape index (κ2) is 7.13. The Labute approximate surface area is 157 Å². The average molecular weight is 384 g/mol. The van der Waals surface area contributed by atoms with E-state index in [-0.39, 0.29) is 10.8 Å². The highest BCUT2D eigenvalue weighted by molar-refractivity contribution is 7.89. The number of hydrogen-bond acceptors (Lipinski definition) is 4. The van der Waals surface area contributed by atoms with Gasteiger partial charge in [-0.3, -0.25) is 4.79 Å². The van der Waals surface area contributed by atoms with Crippen molar-refractivity contribution < 1.29 is 13.2 Å². The lowest BCUT2D eigenvalue weighted by Crippen LogP contribution is -2.28. The van der Waals surface area contributed by atoms with Crippen molar-refractivity contribution in [2.24, 2.45) is 0 Å². The van der Waals surface area contributed by atoms with Crippen LogP contribution in [0.25, 0.3) is 5.52 Å². The van der Waals surface area contributed by atoms with Gasteiger partial charge in [0.25, 0.3) is 5.91 Å². The summed E-state index contributed by atoms with van der Waals surface area (Å²) in [7, 11) is -3.46. The smallest absolute Gasteiger partial charge is 0.251 e. The lowest BCUT2D eigenvalue weighted by molar-refractivity contribution is 0.0950. The molecule has 2 aromatic heterocycles. The first kappa shape index (κ1) is 17.7. The second-order valence-corrected chi connectivity index (χ2v) is 8.46. The number of aromatic nitrogens is 2. The van der Waals surface area contributed by atoms with Crippen LogP contribution in [0.15, 0.2) is 59.6 Å². The van der Waals surface area contributed by atoms with Gasteiger partial charge in [0.05, 0.1) is 22.7 Å². The number of carbonyl (C=O) groups excluding carboxylic acids is 1. The molecule has 4 rings (SSSR count). The van der Waals surface area contributed by atoms with Gasteiger partial charge in [-0.2, -0.15) is 9.40 Å². The van der Waals surface area contributed by atoms with Crippen molar-refractivity contribution in [3.05, 3.63) is 66.0 Å². The molecule has 1 aromatic carbocycles. The molecule has 27 heavy (non-hydrogen) atoms. The Hall–Kier alpha value is -2.71. The number of rotatable bonds is 5. The third kappa shape index (κ3) is 3.58. The first-order valence-electron chi connectivity index (χ1n) is 8.86. The van der Waals surface area contributed by atoms with Crippen LogP contribution in [-0.4, -0.2) is 41.3 Å². The fraction of sp³-hybridized carbons (Fsp3) is 0.263. The van der Waals surface area contributed by atoms with E-state index in [9.17, 15) is 13.2 Å². The van der Waals surface area contributed by atoms with Crippen molar-refractivity contribution in [2.45, 2.75) is 24.3 Å². The Morgan fingerprint density at radius 2 is 1.81 bits per heavy atom. The third-order valence-electron chi connectivity index (χ3n) is 4.67. The van der Waals surface area contributed by atoms with Crippen LogP contribution in [0.3, 0.4) is 0 Å². The third-order valence-corrected chi connectivity index (χ3v) is 6.58. The van der Waals surface area contributed by atoms with Crippen LogP contribution in [0.1, 0.15) is 28.9 Å². The summed E-state index contributed by atoms with van der Waals surface area (Å²) < 4.78 is 28.3. The van der Waals surface area contributed by atoms with Gasteiger partial charge in [0.1, 0.15) is 0 Å². The standard InChI is InChI=1S/C19H20N4O3S/c24-19(20-14-16-13-17-5-1-2-12-23(17)21-16)15-6-8-18(9-7-15)27(25,26)22-10-3-4-11-22/h1-2,5-9,12-13H,3-4,10-11,14H2,(H,20,24). The predicted molar refractivity (Wildman–Crippen MR) is 101 cm³/mol. The Bertz CT molecular complexity index is 1030. The predicted octanol–water partition coefficient (Wildman–Crippen LogP) is 2.05. The van der Waals surface area contributed by atoms with Crippen LogP contribution in [0, 0.1) is 0 Å². The quantitative estimate of drug-likeness (QED) is 0.730. The summed E-state index contributed by atoms with van der Waals surface area (Å²) in [5.41, 5.74) is 2.13. The molecule has 7 nitrogen and oxygen atoms in total. The van der Waals surface area contributed by atoms with E-state index in [1.807, 2.05) is 30.5 Å². The topological polar surface area (TPSA) is 83.8 Å². The maximum atomic E-state index is 12.5. The number of pyridine rings is 1. The minimum absolute atomic E-state index is 0.223. The first-order chi connectivity index (χ1) is 13.0. The molecule has 1 N–H and O–H groups in total. The summed E-state index contributed by atoms with van der Waals surface area (Å²) in [6.07, 6.45) is 3.63. The number of carbonyl (C=O) groups is 1. The molecule has 0 atom stereocenters. The van der Waals surface area contributed by atoms with E-state index < -0.39 is 10.0 Å². The molecule has 1 fully saturated rings. The maximum absolute atomic E-state index is 12.5. The molecule has 1 saturated heterocycles. The van der Waals surface area contributed by atoms with Crippen LogP contribution in [0.5, 0.6) is 0 Å². The SMILES string of the molecule is O=C(NCc1cc2ccccn2n1)c1ccc(S(=O)(=O)N2CCCC2)cc1. The van der Waals surface area contributed by atoms with Crippen molar-refractivity contribution in [1.82, 2.24) is 19.2 Å². The molecule has 0 saturated carbocycles. The molecular formula is C19H20N4O3S. The molecule has 1 aliphatic heterocycles. The number of hydrogen-bond donors (Lipinski definition) is 1. The van der Waals surface area contributed by atoms with E-state index in [0.29, 0.717) is 25.2 Å². The lowest BCUT2D eigenvalue weighted by Gasteiger charge is -2.15. The number of fused-ring (bicyclic) bond motifs is 1. The molecule has 1 amide bonds. The fourth-order valence-electron chi connectivity index (χ4n) is 3.21. The summed E-state index contributed by atoms with van der Waals surface area (Å²) in [5, 5.41) is 7.20. The molecular weight excluding hydrogens is 364 g/mol. The minimum Gasteiger partial charge on any atom is -0.346 e. The van der Waals surface area contributed by atoms with Crippen LogP contribution in [0.2, 0.25) is 0 Å². The van der Waals surface area contributed by atoms with Gasteiger partial charge < -0.3 is 5.32 Å². The van der Waals surface area contributed by atoms with Gasteiger partial charge in [-0.1, -0.05) is 6.07 Å². The largest absolute Gasteiger partial charge is 0.346 e. The molecule has 140 valence electrons. The number of nitrogens with zero attached hydrogens (tertiary/aromatic N) is 3. The normalized spacial score (nSPS) is 15.3. The molecule has 3 aromatic rings. The Balaban J connectivity index is 1.43. The monoisotopic (exact) mass is 384 g/mol. The zero-order valence-electron chi connectivity index (χ0n) is 14.7. The zero-order valence-corrected chi connectivity index (χ0v) is 15.5. The Morgan fingerprint density at radius 1 is 1.07 bits per heavy atom. The first-order valence-corrected chi connectivity index (χ1v) is 10.3. The summed E-state index contributed by atoms with van der Waals surface area (Å²) in [6.45, 7) is 1.42. The molecule has 8 heteroatoms. The molecule has 0 radical (unpaired) electrons. The molecule has 3 heterocycles. The van der Waals surface area contributed by atoms with Gasteiger partial charge in [0, 0.05) is 24.8 Å². The molecule has 0 aliphatic carbocycles. The van der Waals surface area contributed by atoms with Crippen LogP contribution in [0.4, 0.5) is 0 Å². The van der Waals surface area contributed by atoms with Crippen molar-refractivity contribution in [1.29, 1.82) is 0 Å². The summed E-state index contributed by atoms with van der Waals surface area (Å²) in [4.78, 5) is 12.6.